The molecular formula is C29H32N6O7S. The van der Waals surface area contributed by atoms with Crippen LogP contribution >= 0.6 is 12.6 Å². The topological polar surface area (TPSA) is 219 Å². The van der Waals surface area contributed by atoms with E-state index in [0.29, 0.717) is 5.56 Å². The smallest absolute Gasteiger partial charge is 0.326 e. The normalized spacial score (nSPS) is 14.0. The zero-order chi connectivity index (χ0) is 31.1. The SMILES string of the molecule is NC(Cc1c[nH]c2ccccc12)C(=O)NC(CS)C(=O)NC(CC(=O)O)C(=O)NC(Cc1c[nH]c2ccccc12)C(=O)O. The first kappa shape index (κ1) is 31.1. The van der Waals surface area contributed by atoms with Crippen LogP contribution in [-0.4, -0.2) is 79.8 Å². The average Bonchev–Trinajstić information content (AvgIpc) is 3.58. The summed E-state index contributed by atoms with van der Waals surface area (Å²) >= 11 is 4.12. The van der Waals surface area contributed by atoms with Crippen molar-refractivity contribution in [1.29, 1.82) is 0 Å². The summed E-state index contributed by atoms with van der Waals surface area (Å²) < 4.78 is 0. The zero-order valence-electron chi connectivity index (χ0n) is 22.9. The number of thiol groups is 1. The van der Waals surface area contributed by atoms with Crippen LogP contribution < -0.4 is 21.7 Å². The summed E-state index contributed by atoms with van der Waals surface area (Å²) in [4.78, 5) is 68.6. The lowest BCUT2D eigenvalue weighted by atomic mass is 10.0. The van der Waals surface area contributed by atoms with Gasteiger partial charge in [0.2, 0.25) is 17.7 Å². The highest BCUT2D eigenvalue weighted by molar-refractivity contribution is 7.80. The lowest BCUT2D eigenvalue weighted by Crippen LogP contribution is -2.58. The number of aromatic amines is 2. The number of rotatable bonds is 14. The number of carbonyl (C=O) groups excluding carboxylic acids is 3. The average molecular weight is 609 g/mol. The van der Waals surface area contributed by atoms with Gasteiger partial charge in [-0.2, -0.15) is 12.6 Å². The van der Waals surface area contributed by atoms with Crippen molar-refractivity contribution in [3.05, 3.63) is 72.1 Å². The molecule has 2 aromatic heterocycles. The molecule has 0 aliphatic heterocycles. The van der Waals surface area contributed by atoms with Gasteiger partial charge < -0.3 is 41.9 Å². The van der Waals surface area contributed by atoms with Crippen LogP contribution in [0.25, 0.3) is 21.8 Å². The fourth-order valence-electron chi connectivity index (χ4n) is 4.75. The summed E-state index contributed by atoms with van der Waals surface area (Å²) in [5.41, 5.74) is 9.21. The Morgan fingerprint density at radius 2 is 1.21 bits per heavy atom. The summed E-state index contributed by atoms with van der Waals surface area (Å²) in [6.07, 6.45) is 2.63. The molecule has 43 heavy (non-hydrogen) atoms. The fourth-order valence-corrected chi connectivity index (χ4v) is 5.01. The van der Waals surface area contributed by atoms with Crippen molar-refractivity contribution in [2.45, 2.75) is 43.4 Å². The van der Waals surface area contributed by atoms with E-state index in [4.69, 9.17) is 5.73 Å². The Labute approximate surface area is 251 Å². The number of carboxylic acid groups (broad SMARTS) is 2. The molecule has 13 nitrogen and oxygen atoms in total. The van der Waals surface area contributed by atoms with Crippen LogP contribution in [0.15, 0.2) is 60.9 Å². The monoisotopic (exact) mass is 608 g/mol. The van der Waals surface area contributed by atoms with Gasteiger partial charge in [0.1, 0.15) is 18.1 Å². The Bertz CT molecular complexity index is 1650. The minimum absolute atomic E-state index is 0.0948. The maximum atomic E-state index is 13.1. The molecule has 2 aromatic carbocycles. The predicted molar refractivity (Wildman–Crippen MR) is 162 cm³/mol. The number of aromatic nitrogens is 2. The van der Waals surface area contributed by atoms with Crippen LogP contribution in [0.4, 0.5) is 0 Å². The first-order valence-corrected chi connectivity index (χ1v) is 14.0. The highest BCUT2D eigenvalue weighted by atomic mass is 32.1. The largest absolute Gasteiger partial charge is 0.481 e. The number of carbonyl (C=O) groups is 5. The van der Waals surface area contributed by atoms with E-state index in [2.05, 4.69) is 38.5 Å². The lowest BCUT2D eigenvalue weighted by Gasteiger charge is -2.24. The van der Waals surface area contributed by atoms with Crippen LogP contribution in [0.5, 0.6) is 0 Å². The summed E-state index contributed by atoms with van der Waals surface area (Å²) in [7, 11) is 0. The third-order valence-electron chi connectivity index (χ3n) is 6.99. The van der Waals surface area contributed by atoms with Gasteiger partial charge in [0.25, 0.3) is 0 Å². The van der Waals surface area contributed by atoms with E-state index < -0.39 is 60.2 Å². The third-order valence-corrected chi connectivity index (χ3v) is 7.36. The summed E-state index contributed by atoms with van der Waals surface area (Å²) in [6.45, 7) is 0. The molecule has 4 atom stereocenters. The van der Waals surface area contributed by atoms with Crippen LogP contribution in [0, 0.1) is 0 Å². The van der Waals surface area contributed by atoms with Crippen molar-refractivity contribution >= 4 is 64.1 Å². The zero-order valence-corrected chi connectivity index (χ0v) is 23.8. The maximum Gasteiger partial charge on any atom is 0.326 e. The van der Waals surface area contributed by atoms with Crippen LogP contribution in [-0.2, 0) is 36.8 Å². The summed E-state index contributed by atoms with van der Waals surface area (Å²) in [5, 5.41) is 27.9. The second kappa shape index (κ2) is 13.9. The molecule has 2 heterocycles. The van der Waals surface area contributed by atoms with E-state index >= 15 is 0 Å². The minimum Gasteiger partial charge on any atom is -0.481 e. The Kier molecular flexibility index (Phi) is 10.1. The summed E-state index contributed by atoms with van der Waals surface area (Å²) in [6, 6.07) is 9.40. The van der Waals surface area contributed by atoms with Gasteiger partial charge >= 0.3 is 11.9 Å². The number of para-hydroxylation sites is 2. The number of aliphatic carboxylic acids is 2. The number of hydrogen-bond donors (Lipinski definition) is 9. The number of H-pyrrole nitrogens is 2. The molecule has 0 aliphatic carbocycles. The van der Waals surface area contributed by atoms with E-state index in [1.165, 1.54) is 0 Å². The van der Waals surface area contributed by atoms with E-state index in [-0.39, 0.29) is 18.6 Å². The molecule has 3 amide bonds. The first-order chi connectivity index (χ1) is 20.6. The van der Waals surface area contributed by atoms with Crippen LogP contribution in [0.1, 0.15) is 17.5 Å². The van der Waals surface area contributed by atoms with Gasteiger partial charge in [0.05, 0.1) is 12.5 Å². The number of hydrogen-bond acceptors (Lipinski definition) is 7. The second-order valence-electron chi connectivity index (χ2n) is 10.0. The van der Waals surface area contributed by atoms with Gasteiger partial charge in [-0.05, 0) is 29.7 Å². The van der Waals surface area contributed by atoms with Gasteiger partial charge in [-0.15, -0.1) is 0 Å². The van der Waals surface area contributed by atoms with Crippen molar-refractivity contribution in [2.24, 2.45) is 5.73 Å². The second-order valence-corrected chi connectivity index (χ2v) is 10.4. The van der Waals surface area contributed by atoms with Gasteiger partial charge in [-0.3, -0.25) is 19.2 Å². The Morgan fingerprint density at radius 3 is 1.74 bits per heavy atom. The van der Waals surface area contributed by atoms with Gasteiger partial charge in [-0.25, -0.2) is 4.79 Å². The Morgan fingerprint density at radius 1 is 0.721 bits per heavy atom. The van der Waals surface area contributed by atoms with Gasteiger partial charge in [0.15, 0.2) is 0 Å². The molecule has 0 fully saturated rings. The lowest BCUT2D eigenvalue weighted by molar-refractivity contribution is -0.143. The number of fused-ring (bicyclic) bond motifs is 2. The van der Waals surface area contributed by atoms with Crippen LogP contribution in [0.2, 0.25) is 0 Å². The van der Waals surface area contributed by atoms with Crippen molar-refractivity contribution in [1.82, 2.24) is 25.9 Å². The minimum atomic E-state index is -1.63. The van der Waals surface area contributed by atoms with Crippen molar-refractivity contribution in [2.75, 3.05) is 5.75 Å². The molecule has 4 unspecified atom stereocenters. The van der Waals surface area contributed by atoms with E-state index in [1.54, 1.807) is 24.5 Å². The predicted octanol–water partition coefficient (Wildman–Crippen LogP) is 0.705. The molecule has 14 heteroatoms. The maximum absolute atomic E-state index is 13.1. The number of carboxylic acids is 2. The summed E-state index contributed by atoms with van der Waals surface area (Å²) in [5.74, 6) is -5.48. The Balaban J connectivity index is 1.40. The molecule has 226 valence electrons. The van der Waals surface area contributed by atoms with Gasteiger partial charge in [-0.1, -0.05) is 36.4 Å². The molecule has 0 saturated carbocycles. The molecule has 9 N–H and O–H groups in total. The number of nitrogens with one attached hydrogen (secondary N) is 5. The van der Waals surface area contributed by atoms with Crippen molar-refractivity contribution in [3.63, 3.8) is 0 Å². The molecule has 0 aliphatic rings. The highest BCUT2D eigenvalue weighted by Crippen LogP contribution is 2.20. The Hall–Kier alpha value is -4.82. The van der Waals surface area contributed by atoms with Crippen molar-refractivity contribution < 1.29 is 34.2 Å². The number of benzene rings is 2. The standard InChI is InChI=1S/C29H32N6O7S/c30-19(9-15-12-31-20-7-3-1-5-17(15)20)26(38)35-24(14-43)28(40)33-22(11-25(36)37)27(39)34-23(29(41)42)10-16-13-32-21-8-4-2-6-18(16)21/h1-8,12-13,19,22-24,31-32,43H,9-11,14,30H2,(H,33,40)(H,34,39)(H,35,38)(H,36,37)(H,41,42). The van der Waals surface area contributed by atoms with Gasteiger partial charge in [0, 0.05) is 46.4 Å². The molecule has 0 bridgehead atoms. The third kappa shape index (κ3) is 7.72. The number of nitrogens with two attached hydrogens (primary N) is 1. The van der Waals surface area contributed by atoms with E-state index in [9.17, 15) is 34.2 Å². The van der Waals surface area contributed by atoms with E-state index in [1.807, 2.05) is 36.4 Å². The molecule has 4 aromatic rings. The number of amides is 3. The van der Waals surface area contributed by atoms with E-state index in [0.717, 1.165) is 27.4 Å². The fraction of sp³-hybridized carbons (Fsp3) is 0.276. The van der Waals surface area contributed by atoms with Crippen molar-refractivity contribution in [3.8, 4) is 0 Å². The molecular weight excluding hydrogens is 576 g/mol. The molecule has 0 saturated heterocycles. The first-order valence-electron chi connectivity index (χ1n) is 13.4. The quantitative estimate of drug-likeness (QED) is 0.0926. The molecule has 0 radical (unpaired) electrons. The van der Waals surface area contributed by atoms with Crippen LogP contribution in [0.3, 0.4) is 0 Å². The molecule has 0 spiro atoms. The molecule has 4 rings (SSSR count). The highest BCUT2D eigenvalue weighted by Gasteiger charge is 2.31.